The van der Waals surface area contributed by atoms with E-state index in [4.69, 9.17) is 0 Å². The third kappa shape index (κ3) is 2.25. The van der Waals surface area contributed by atoms with Gasteiger partial charge in [-0.3, -0.25) is 0 Å². The van der Waals surface area contributed by atoms with E-state index in [-0.39, 0.29) is 9.35 Å². The third-order valence-electron chi connectivity index (χ3n) is 4.58. The largest absolute Gasteiger partial charge is 0.271 e. The quantitative estimate of drug-likeness (QED) is 0.485. The van der Waals surface area contributed by atoms with Crippen molar-refractivity contribution in [2.75, 3.05) is 0 Å². The maximum absolute atomic E-state index is 16.3. The van der Waals surface area contributed by atoms with Crippen LogP contribution >= 0.6 is 22.7 Å². The van der Waals surface area contributed by atoms with Crippen LogP contribution in [0.25, 0.3) is 20.4 Å². The molecule has 2 aromatic carbocycles. The summed E-state index contributed by atoms with van der Waals surface area (Å²) in [5.41, 5.74) is 1.19. The van der Waals surface area contributed by atoms with E-state index in [2.05, 4.69) is 9.97 Å². The zero-order valence-electron chi connectivity index (χ0n) is 13.4. The number of halogens is 1. The fourth-order valence-corrected chi connectivity index (χ4v) is 7.74. The van der Waals surface area contributed by atoms with E-state index in [1.165, 1.54) is 0 Å². The van der Waals surface area contributed by atoms with Crippen LogP contribution in [0.4, 0.5) is 4.39 Å². The van der Waals surface area contributed by atoms with Crippen LogP contribution in [0.1, 0.15) is 17.8 Å². The van der Waals surface area contributed by atoms with Crippen LogP contribution in [0.5, 0.6) is 0 Å². The molecule has 2 aromatic heterocycles. The molecule has 1 aliphatic carbocycles. The first-order chi connectivity index (χ1) is 12.5. The van der Waals surface area contributed by atoms with E-state index in [0.717, 1.165) is 32.1 Å². The van der Waals surface area contributed by atoms with E-state index in [0.29, 0.717) is 23.9 Å². The predicted octanol–water partition coefficient (Wildman–Crippen LogP) is 4.91. The number of hydrogen-bond donors (Lipinski definition) is 0. The molecule has 5 rings (SSSR count). The minimum atomic E-state index is -4.31. The highest BCUT2D eigenvalue weighted by Gasteiger charge is 2.60. The van der Waals surface area contributed by atoms with Crippen LogP contribution in [-0.4, -0.2) is 18.4 Å². The van der Waals surface area contributed by atoms with Crippen molar-refractivity contribution in [1.29, 1.82) is 0 Å². The van der Waals surface area contributed by atoms with Crippen molar-refractivity contribution in [3.8, 4) is 0 Å². The average molecular weight is 405 g/mol. The van der Waals surface area contributed by atoms with Gasteiger partial charge in [0.15, 0.2) is 0 Å². The number of benzene rings is 2. The molecule has 26 heavy (non-hydrogen) atoms. The monoisotopic (exact) mass is 404 g/mol. The number of thiazole rings is 2. The van der Waals surface area contributed by atoms with Crippen LogP contribution in [0, 0.1) is 5.92 Å². The smallest absolute Gasteiger partial charge is 0.237 e. The summed E-state index contributed by atoms with van der Waals surface area (Å²) in [6.45, 7) is 0. The zero-order chi connectivity index (χ0) is 17.9. The lowest BCUT2D eigenvalue weighted by Crippen LogP contribution is -2.33. The molecule has 0 N–H and O–H groups in total. The van der Waals surface area contributed by atoms with Crippen molar-refractivity contribution < 1.29 is 12.8 Å². The van der Waals surface area contributed by atoms with Gasteiger partial charge in [-0.25, -0.2) is 22.8 Å². The number of sulfone groups is 1. The molecule has 1 aliphatic rings. The second-order valence-corrected chi connectivity index (χ2v) is 10.7. The van der Waals surface area contributed by atoms with Gasteiger partial charge >= 0.3 is 0 Å². The van der Waals surface area contributed by atoms with Gasteiger partial charge in [-0.15, -0.1) is 22.7 Å². The molecule has 0 aliphatic heterocycles. The van der Waals surface area contributed by atoms with E-state index in [1.807, 2.05) is 24.3 Å². The molecule has 0 amide bonds. The Kier molecular flexibility index (Phi) is 3.47. The van der Waals surface area contributed by atoms with E-state index in [9.17, 15) is 8.42 Å². The van der Waals surface area contributed by atoms with Gasteiger partial charge in [0, 0.05) is 5.92 Å². The fraction of sp³-hybridized carbons (Fsp3) is 0.222. The Labute approximate surface area is 157 Å². The number of rotatable bonds is 4. The molecule has 8 heteroatoms. The van der Waals surface area contributed by atoms with Crippen LogP contribution in [0.3, 0.4) is 0 Å². The minimum Gasteiger partial charge on any atom is -0.237 e. The van der Waals surface area contributed by atoms with Crippen molar-refractivity contribution in [2.24, 2.45) is 5.92 Å². The van der Waals surface area contributed by atoms with Gasteiger partial charge in [-0.05, 0) is 37.1 Å². The van der Waals surface area contributed by atoms with Crippen LogP contribution in [0.15, 0.2) is 52.9 Å². The second kappa shape index (κ2) is 5.55. The first-order valence-corrected chi connectivity index (χ1v) is 11.3. The molecule has 0 saturated heterocycles. The van der Waals surface area contributed by atoms with E-state index < -0.39 is 20.8 Å². The molecule has 2 heterocycles. The van der Waals surface area contributed by atoms with E-state index in [1.54, 1.807) is 24.3 Å². The number of nitrogens with zero attached hydrogens (tertiary/aromatic N) is 2. The summed E-state index contributed by atoms with van der Waals surface area (Å²) in [4.78, 5) is 8.54. The second-order valence-electron chi connectivity index (χ2n) is 6.36. The van der Waals surface area contributed by atoms with Crippen molar-refractivity contribution in [3.63, 3.8) is 0 Å². The molecule has 4 aromatic rings. The maximum Gasteiger partial charge on any atom is 0.271 e. The third-order valence-corrected chi connectivity index (χ3v) is 9.46. The molecule has 0 radical (unpaired) electrons. The number of hydrogen-bond acceptors (Lipinski definition) is 6. The normalized spacial score (nSPS) is 17.6. The van der Waals surface area contributed by atoms with Crippen molar-refractivity contribution in [3.05, 3.63) is 53.5 Å². The van der Waals surface area contributed by atoms with Gasteiger partial charge in [0.25, 0.3) is 5.00 Å². The SMILES string of the molecule is O=S(=O)(c1nc2ccccc2s1)C(F)(c1nc2ccccc2s1)C1CC1. The Hall–Kier alpha value is -1.90. The Morgan fingerprint density at radius 1 is 0.923 bits per heavy atom. The highest BCUT2D eigenvalue weighted by atomic mass is 32.2. The number of para-hydroxylation sites is 2. The molecular weight excluding hydrogens is 391 g/mol. The van der Waals surface area contributed by atoms with Gasteiger partial charge in [0.1, 0.15) is 5.01 Å². The lowest BCUT2D eigenvalue weighted by molar-refractivity contribution is 0.235. The zero-order valence-corrected chi connectivity index (χ0v) is 15.9. The van der Waals surface area contributed by atoms with Gasteiger partial charge in [0.05, 0.1) is 20.4 Å². The Balaban J connectivity index is 1.72. The van der Waals surface area contributed by atoms with Crippen LogP contribution in [0.2, 0.25) is 0 Å². The topological polar surface area (TPSA) is 59.9 Å². The lowest BCUT2D eigenvalue weighted by atomic mass is 10.2. The van der Waals surface area contributed by atoms with E-state index >= 15 is 4.39 Å². The maximum atomic E-state index is 16.3. The predicted molar refractivity (Wildman–Crippen MR) is 102 cm³/mol. The first kappa shape index (κ1) is 16.3. The van der Waals surface area contributed by atoms with Crippen LogP contribution < -0.4 is 0 Å². The van der Waals surface area contributed by atoms with Crippen molar-refractivity contribution >= 4 is 52.9 Å². The molecule has 132 valence electrons. The summed E-state index contributed by atoms with van der Waals surface area (Å²) in [7, 11) is -4.31. The Bertz CT molecular complexity index is 1180. The highest BCUT2D eigenvalue weighted by molar-refractivity contribution is 7.94. The summed E-state index contributed by atoms with van der Waals surface area (Å²) in [6, 6.07) is 14.4. The Morgan fingerprint density at radius 3 is 2.08 bits per heavy atom. The van der Waals surface area contributed by atoms with Crippen LogP contribution in [-0.2, 0) is 14.8 Å². The first-order valence-electron chi connectivity index (χ1n) is 8.15. The van der Waals surface area contributed by atoms with Gasteiger partial charge in [0.2, 0.25) is 14.2 Å². The number of aromatic nitrogens is 2. The summed E-state index contributed by atoms with van der Waals surface area (Å²) in [5, 5.41) is -2.51. The molecule has 0 bridgehead atoms. The van der Waals surface area contributed by atoms with Gasteiger partial charge in [-0.2, -0.15) is 0 Å². The molecule has 1 saturated carbocycles. The average Bonchev–Trinajstić information content (AvgIpc) is 3.25. The molecule has 1 fully saturated rings. The van der Waals surface area contributed by atoms with Gasteiger partial charge in [-0.1, -0.05) is 24.3 Å². The minimum absolute atomic E-state index is 0.0143. The summed E-state index contributed by atoms with van der Waals surface area (Å²) in [5.74, 6) is -0.569. The van der Waals surface area contributed by atoms with Gasteiger partial charge < -0.3 is 0 Å². The molecule has 4 nitrogen and oxygen atoms in total. The summed E-state index contributed by atoms with van der Waals surface area (Å²) >= 11 is 2.13. The number of fused-ring (bicyclic) bond motifs is 2. The molecule has 0 spiro atoms. The lowest BCUT2D eigenvalue weighted by Gasteiger charge is -2.21. The Morgan fingerprint density at radius 2 is 1.50 bits per heavy atom. The molecular formula is C18H13FN2O2S3. The fourth-order valence-electron chi connectivity index (χ4n) is 3.07. The van der Waals surface area contributed by atoms with Crippen molar-refractivity contribution in [2.45, 2.75) is 22.2 Å². The highest BCUT2D eigenvalue weighted by Crippen LogP contribution is 2.55. The molecule has 1 atom stereocenters. The summed E-state index contributed by atoms with van der Waals surface area (Å²) < 4.78 is 44.2. The number of alkyl halides is 1. The van der Waals surface area contributed by atoms with Crippen molar-refractivity contribution in [1.82, 2.24) is 9.97 Å². The standard InChI is InChI=1S/C18H13FN2O2S3/c19-18(11-9-10-11,16-20-12-5-1-3-7-14(12)24-16)26(22,23)17-21-13-6-2-4-8-15(13)25-17/h1-8,11H,9-10H2. The summed E-state index contributed by atoms with van der Waals surface area (Å²) in [6.07, 6.45) is 1.08. The molecule has 1 unspecified atom stereocenters.